The highest BCUT2D eigenvalue weighted by Crippen LogP contribution is 2.48. The Balaban J connectivity index is 1.70. The molecule has 0 aromatic carbocycles. The molecule has 10 heteroatoms. The van der Waals surface area contributed by atoms with Gasteiger partial charge in [0.25, 0.3) is 11.8 Å². The summed E-state index contributed by atoms with van der Waals surface area (Å²) in [4.78, 5) is 44.2. The third kappa shape index (κ3) is 5.68. The number of carbonyl (C=O) groups excluding carboxylic acids is 2. The van der Waals surface area contributed by atoms with Gasteiger partial charge in [0, 0.05) is 13.1 Å². The Hall–Kier alpha value is -1.83. The van der Waals surface area contributed by atoms with Crippen LogP contribution in [0, 0.1) is 0 Å². The van der Waals surface area contributed by atoms with Crippen LogP contribution in [-0.4, -0.2) is 56.4 Å². The Morgan fingerprint density at radius 1 is 0.833 bits per heavy atom. The maximum absolute atomic E-state index is 14.0. The lowest BCUT2D eigenvalue weighted by Gasteiger charge is -2.30. The Morgan fingerprint density at radius 2 is 1.33 bits per heavy atom. The van der Waals surface area contributed by atoms with Gasteiger partial charge < -0.3 is 18.7 Å². The van der Waals surface area contributed by atoms with E-state index < -0.39 is 16.9 Å². The van der Waals surface area contributed by atoms with Gasteiger partial charge in [0.1, 0.15) is 0 Å². The molecule has 0 radical (unpaired) electrons. The van der Waals surface area contributed by atoms with Crippen molar-refractivity contribution in [2.24, 2.45) is 0 Å². The molecule has 6 nitrogen and oxygen atoms in total. The van der Waals surface area contributed by atoms with E-state index in [1.165, 1.54) is 0 Å². The van der Waals surface area contributed by atoms with E-state index in [2.05, 4.69) is 26.6 Å². The lowest BCUT2D eigenvalue weighted by molar-refractivity contribution is -0.124. The summed E-state index contributed by atoms with van der Waals surface area (Å²) in [6, 6.07) is 8.44. The van der Waals surface area contributed by atoms with Crippen LogP contribution >= 0.6 is 22.7 Å². The monoisotopic (exact) mass is 560 g/mol. The molecule has 1 atom stereocenters. The summed E-state index contributed by atoms with van der Waals surface area (Å²) in [5.74, 6) is -0.192. The fourth-order valence-corrected chi connectivity index (χ4v) is 13.0. The minimum atomic E-state index is -2.82. The van der Waals surface area contributed by atoms with Crippen LogP contribution in [0.5, 0.6) is 0 Å². The smallest absolute Gasteiger partial charge is 0.322 e. The number of unbranched alkanes of at least 4 members (excludes halogenated alkanes) is 2. The van der Waals surface area contributed by atoms with Crippen molar-refractivity contribution in [2.75, 3.05) is 13.1 Å². The van der Waals surface area contributed by atoms with Crippen molar-refractivity contribution in [1.29, 1.82) is 0 Å². The average molecular weight is 561 g/mol. The largest absolute Gasteiger partial charge is 0.436 e. The van der Waals surface area contributed by atoms with Gasteiger partial charge in [0.2, 0.25) is 0 Å². The summed E-state index contributed by atoms with van der Waals surface area (Å²) in [6.07, 6.45) is 3.63. The average Bonchev–Trinajstić information content (AvgIpc) is 3.56. The van der Waals surface area contributed by atoms with Crippen LogP contribution in [0.4, 0.5) is 0 Å². The molecule has 36 heavy (non-hydrogen) atoms. The normalized spacial score (nSPS) is 18.1. The molecular weight excluding hydrogens is 525 g/mol. The molecular formula is C26H36N2O4S2Si2. The molecule has 2 aromatic rings. The maximum Gasteiger partial charge on any atom is 0.322 e. The van der Waals surface area contributed by atoms with Crippen molar-refractivity contribution in [3.8, 4) is 0 Å². The van der Waals surface area contributed by atoms with Crippen LogP contribution in [-0.2, 0) is 13.7 Å². The number of amides is 2. The molecule has 0 saturated carbocycles. The van der Waals surface area contributed by atoms with E-state index in [9.17, 15) is 14.4 Å². The maximum atomic E-state index is 14.0. The first-order valence-electron chi connectivity index (χ1n) is 12.7. The number of thiophene rings is 2. The van der Waals surface area contributed by atoms with E-state index in [1.807, 2.05) is 46.5 Å². The van der Waals surface area contributed by atoms with Crippen LogP contribution in [0.2, 0.25) is 32.2 Å². The van der Waals surface area contributed by atoms with E-state index in [0.29, 0.717) is 36.7 Å². The molecule has 1 unspecified atom stereocenters. The minimum Gasteiger partial charge on any atom is -0.436 e. The van der Waals surface area contributed by atoms with Crippen molar-refractivity contribution in [3.63, 3.8) is 0 Å². The third-order valence-electron chi connectivity index (χ3n) is 6.22. The number of hydrogen-bond acceptors (Lipinski definition) is 6. The highest BCUT2D eigenvalue weighted by molar-refractivity contribution is 7.11. The number of carbonyl (C=O) groups is 2. The molecule has 2 aromatic heterocycles. The van der Waals surface area contributed by atoms with Crippen molar-refractivity contribution in [3.05, 3.63) is 55.9 Å². The standard InChI is InChI=1S/C26H36N2O4S2Si2/c1-6-7-8-14-27-23(19-12-9-16-33-19)21-22(25(27)29)24(20-13-10-17-34-20)28(26(21)30)15-11-18-36(5,31)32-35(2,3)4/h9-10,12-13,16-17,31H,6-8,11,14-15,18H2,1-5H3. The van der Waals surface area contributed by atoms with Crippen LogP contribution in [0.25, 0.3) is 11.4 Å². The summed E-state index contributed by atoms with van der Waals surface area (Å²) in [6.45, 7) is 11.3. The molecule has 4 rings (SSSR count). The molecule has 2 aliphatic heterocycles. The zero-order valence-electron chi connectivity index (χ0n) is 21.8. The topological polar surface area (TPSA) is 70.1 Å². The van der Waals surface area contributed by atoms with E-state index in [4.69, 9.17) is 4.12 Å². The third-order valence-corrected chi connectivity index (χ3v) is 13.5. The number of hydrogen-bond donors (Lipinski definition) is 1. The summed E-state index contributed by atoms with van der Waals surface area (Å²) < 4.78 is 6.09. The number of nitrogens with zero attached hydrogens (tertiary/aromatic N) is 2. The molecule has 0 bridgehead atoms. The van der Waals surface area contributed by atoms with Gasteiger partial charge in [-0.15, -0.1) is 22.7 Å². The predicted octanol–water partition coefficient (Wildman–Crippen LogP) is 6.11. The van der Waals surface area contributed by atoms with Gasteiger partial charge in [-0.05, 0) is 68.0 Å². The van der Waals surface area contributed by atoms with Crippen molar-refractivity contribution >= 4 is 62.8 Å². The van der Waals surface area contributed by atoms with E-state index in [-0.39, 0.29) is 11.8 Å². The molecule has 194 valence electrons. The zero-order valence-corrected chi connectivity index (χ0v) is 25.4. The lowest BCUT2D eigenvalue weighted by Crippen LogP contribution is -2.45. The Kier molecular flexibility index (Phi) is 8.23. The molecule has 0 saturated heterocycles. The second-order valence-corrected chi connectivity index (χ2v) is 20.3. The minimum absolute atomic E-state index is 0.0767. The van der Waals surface area contributed by atoms with Gasteiger partial charge in [0.15, 0.2) is 8.32 Å². The number of rotatable bonds is 12. The van der Waals surface area contributed by atoms with Gasteiger partial charge in [0.05, 0.1) is 32.3 Å². The first-order chi connectivity index (χ1) is 17.0. The van der Waals surface area contributed by atoms with Crippen LogP contribution in [0.3, 0.4) is 0 Å². The molecule has 1 N–H and O–H groups in total. The fraction of sp³-hybridized carbons (Fsp3) is 0.462. The first kappa shape index (κ1) is 27.2. The molecule has 2 aliphatic rings. The van der Waals surface area contributed by atoms with Crippen LogP contribution < -0.4 is 0 Å². The van der Waals surface area contributed by atoms with Crippen LogP contribution in [0.15, 0.2) is 46.2 Å². The van der Waals surface area contributed by atoms with Gasteiger partial charge in [-0.2, -0.15) is 0 Å². The van der Waals surface area contributed by atoms with Crippen molar-refractivity contribution < 1.29 is 18.5 Å². The van der Waals surface area contributed by atoms with E-state index in [1.54, 1.807) is 27.6 Å². The SMILES string of the molecule is CCCCCN1C(=O)C2=C(c3cccs3)N(CCC[Si](C)(O)O[Si](C)(C)C)C(=O)C2=C1c1cccs1. The number of fused-ring (bicyclic) bond motifs is 1. The van der Waals surface area contributed by atoms with Crippen molar-refractivity contribution in [2.45, 2.75) is 64.8 Å². The summed E-state index contributed by atoms with van der Waals surface area (Å²) >= 11 is 3.10. The highest BCUT2D eigenvalue weighted by atomic mass is 32.1. The Bertz CT molecular complexity index is 1170. The highest BCUT2D eigenvalue weighted by Gasteiger charge is 2.49. The Labute approximate surface area is 224 Å². The summed E-state index contributed by atoms with van der Waals surface area (Å²) in [5, 5.41) is 3.97. The lowest BCUT2D eigenvalue weighted by atomic mass is 10.1. The van der Waals surface area contributed by atoms with Gasteiger partial charge in [-0.25, -0.2) is 0 Å². The second-order valence-electron chi connectivity index (χ2n) is 10.5. The van der Waals surface area contributed by atoms with E-state index >= 15 is 0 Å². The van der Waals surface area contributed by atoms with Crippen molar-refractivity contribution in [1.82, 2.24) is 9.80 Å². The molecule has 0 fully saturated rings. The quantitative estimate of drug-likeness (QED) is 0.251. The zero-order chi connectivity index (χ0) is 26.1. The summed E-state index contributed by atoms with van der Waals surface area (Å²) in [7, 11) is -4.69. The first-order valence-corrected chi connectivity index (χ1v) is 20.4. The predicted molar refractivity (Wildman–Crippen MR) is 153 cm³/mol. The van der Waals surface area contributed by atoms with Gasteiger partial charge in [-0.1, -0.05) is 31.9 Å². The van der Waals surface area contributed by atoms with Crippen LogP contribution in [0.1, 0.15) is 42.4 Å². The summed E-state index contributed by atoms with van der Waals surface area (Å²) in [5.41, 5.74) is 2.54. The molecule has 0 spiro atoms. The van der Waals surface area contributed by atoms with Gasteiger partial charge in [-0.3, -0.25) is 9.59 Å². The van der Waals surface area contributed by atoms with E-state index in [0.717, 1.165) is 40.4 Å². The molecule has 0 aliphatic carbocycles. The fourth-order valence-electron chi connectivity index (χ4n) is 4.96. The molecule has 4 heterocycles. The second kappa shape index (κ2) is 10.9. The Morgan fingerprint density at radius 3 is 1.75 bits per heavy atom. The molecule has 2 amide bonds. The van der Waals surface area contributed by atoms with Gasteiger partial charge >= 0.3 is 8.56 Å².